The zero-order chi connectivity index (χ0) is 20.7. The third-order valence-electron chi connectivity index (χ3n) is 3.62. The molecule has 1 N–H and O–H groups in total. The van der Waals surface area contributed by atoms with Gasteiger partial charge in [-0.15, -0.1) is 0 Å². The molecule has 0 aliphatic carbocycles. The van der Waals surface area contributed by atoms with E-state index in [0.717, 1.165) is 0 Å². The first kappa shape index (κ1) is 21.2. The molecule has 0 saturated carbocycles. The summed E-state index contributed by atoms with van der Waals surface area (Å²) in [5, 5.41) is 2.51. The van der Waals surface area contributed by atoms with Gasteiger partial charge < -0.3 is 24.3 Å². The van der Waals surface area contributed by atoms with Crippen LogP contribution in [0, 0.1) is 0 Å². The smallest absolute Gasteiger partial charge is 0.339 e. The van der Waals surface area contributed by atoms with Gasteiger partial charge in [0.25, 0.3) is 5.91 Å². The largest absolute Gasteiger partial charge is 0.495 e. The quantitative estimate of drug-likeness (QED) is 0.645. The lowest BCUT2D eigenvalue weighted by atomic mass is 10.2. The normalized spacial score (nSPS) is 10.0. The van der Waals surface area contributed by atoms with Gasteiger partial charge in [0, 0.05) is 0 Å². The summed E-state index contributed by atoms with van der Waals surface area (Å²) in [6.07, 6.45) is 0. The minimum Gasteiger partial charge on any atom is -0.495 e. The third kappa shape index (κ3) is 5.01. The molecule has 1 amide bonds. The summed E-state index contributed by atoms with van der Waals surface area (Å²) in [4.78, 5) is 36.1. The molecule has 0 heterocycles. The predicted octanol–water partition coefficient (Wildman–Crippen LogP) is 3.05. The molecular weight excluding hydrogens is 434 g/mol. The lowest BCUT2D eigenvalue weighted by molar-refractivity contribution is -0.119. The van der Waals surface area contributed by atoms with Crippen LogP contribution in [-0.2, 0) is 14.3 Å². The number of rotatable bonds is 7. The van der Waals surface area contributed by atoms with Crippen LogP contribution < -0.4 is 14.8 Å². The van der Waals surface area contributed by atoms with Crippen LogP contribution in [0.5, 0.6) is 11.5 Å². The predicted molar refractivity (Wildman–Crippen MR) is 104 cm³/mol. The number of hydrogen-bond acceptors (Lipinski definition) is 7. The van der Waals surface area contributed by atoms with Crippen molar-refractivity contribution in [3.63, 3.8) is 0 Å². The number of esters is 2. The van der Waals surface area contributed by atoms with E-state index in [1.807, 2.05) is 0 Å². The second-order valence-corrected chi connectivity index (χ2v) is 6.15. The molecule has 0 spiro atoms. The van der Waals surface area contributed by atoms with Crippen LogP contribution in [0.4, 0.5) is 5.69 Å². The van der Waals surface area contributed by atoms with Crippen molar-refractivity contribution in [3.8, 4) is 11.5 Å². The van der Waals surface area contributed by atoms with E-state index < -0.39 is 24.5 Å². The second-order valence-electron chi connectivity index (χ2n) is 5.36. The van der Waals surface area contributed by atoms with E-state index in [0.29, 0.717) is 16.0 Å². The molecule has 0 saturated heterocycles. The highest BCUT2D eigenvalue weighted by Crippen LogP contribution is 2.35. The van der Waals surface area contributed by atoms with Crippen molar-refractivity contribution >= 4 is 39.5 Å². The SMILES string of the molecule is COC(=O)c1ccccc1NC(=O)COC(=O)c1cc(OC)c(Br)c(OC)c1. The first-order valence-electron chi connectivity index (χ1n) is 7.97. The summed E-state index contributed by atoms with van der Waals surface area (Å²) in [5.74, 6) is -1.19. The van der Waals surface area contributed by atoms with Crippen LogP contribution in [0.25, 0.3) is 0 Å². The van der Waals surface area contributed by atoms with Gasteiger partial charge >= 0.3 is 11.9 Å². The summed E-state index contributed by atoms with van der Waals surface area (Å²) >= 11 is 3.30. The van der Waals surface area contributed by atoms with Gasteiger partial charge in [-0.2, -0.15) is 0 Å². The molecule has 148 valence electrons. The minimum atomic E-state index is -0.736. The molecule has 0 radical (unpaired) electrons. The fourth-order valence-electron chi connectivity index (χ4n) is 2.27. The molecule has 2 aromatic carbocycles. The van der Waals surface area contributed by atoms with Crippen molar-refractivity contribution < 1.29 is 33.3 Å². The van der Waals surface area contributed by atoms with Crippen LogP contribution in [-0.4, -0.2) is 45.8 Å². The standard InChI is InChI=1S/C19H18BrNO7/c1-25-14-8-11(9-15(26-2)17(14)20)18(23)28-10-16(22)21-13-7-5-4-6-12(13)19(24)27-3/h4-9H,10H2,1-3H3,(H,21,22). The van der Waals surface area contributed by atoms with E-state index >= 15 is 0 Å². The van der Waals surface area contributed by atoms with E-state index in [2.05, 4.69) is 26.0 Å². The summed E-state index contributed by atoms with van der Waals surface area (Å²) in [7, 11) is 4.13. The summed E-state index contributed by atoms with van der Waals surface area (Å²) < 4.78 is 20.6. The van der Waals surface area contributed by atoms with Gasteiger partial charge in [-0.1, -0.05) is 12.1 Å². The Morgan fingerprint density at radius 3 is 2.14 bits per heavy atom. The fourth-order valence-corrected chi connectivity index (χ4v) is 2.82. The molecule has 2 aromatic rings. The number of benzene rings is 2. The Labute approximate surface area is 169 Å². The average Bonchev–Trinajstić information content (AvgIpc) is 2.71. The Bertz CT molecular complexity index is 873. The number of carbonyl (C=O) groups is 3. The average molecular weight is 452 g/mol. The Kier molecular flexibility index (Phi) is 7.39. The molecule has 2 rings (SSSR count). The molecule has 0 bridgehead atoms. The highest BCUT2D eigenvalue weighted by molar-refractivity contribution is 9.10. The van der Waals surface area contributed by atoms with Crippen molar-refractivity contribution in [3.05, 3.63) is 52.0 Å². The number of nitrogens with one attached hydrogen (secondary N) is 1. The summed E-state index contributed by atoms with van der Waals surface area (Å²) in [5.41, 5.74) is 0.592. The zero-order valence-corrected chi connectivity index (χ0v) is 17.0. The number of carbonyl (C=O) groups excluding carboxylic acids is 3. The van der Waals surface area contributed by atoms with Gasteiger partial charge in [-0.3, -0.25) is 4.79 Å². The fraction of sp³-hybridized carbons (Fsp3) is 0.211. The van der Waals surface area contributed by atoms with Crippen molar-refractivity contribution in [2.24, 2.45) is 0 Å². The van der Waals surface area contributed by atoms with Gasteiger partial charge in [-0.25, -0.2) is 9.59 Å². The van der Waals surface area contributed by atoms with Gasteiger partial charge in [-0.05, 0) is 40.2 Å². The number of para-hydroxylation sites is 1. The molecule has 0 atom stereocenters. The monoisotopic (exact) mass is 451 g/mol. The van der Waals surface area contributed by atoms with Gasteiger partial charge in [0.05, 0.1) is 38.1 Å². The molecule has 28 heavy (non-hydrogen) atoms. The van der Waals surface area contributed by atoms with E-state index in [1.165, 1.54) is 45.6 Å². The van der Waals surface area contributed by atoms with Crippen LogP contribution in [0.2, 0.25) is 0 Å². The third-order valence-corrected chi connectivity index (χ3v) is 4.40. The maximum absolute atomic E-state index is 12.3. The maximum atomic E-state index is 12.3. The molecule has 0 aliphatic rings. The number of ether oxygens (including phenoxy) is 4. The topological polar surface area (TPSA) is 100 Å². The van der Waals surface area contributed by atoms with Gasteiger partial charge in [0.15, 0.2) is 6.61 Å². The summed E-state index contributed by atoms with van der Waals surface area (Å²) in [6.45, 7) is -0.547. The van der Waals surface area contributed by atoms with E-state index in [1.54, 1.807) is 12.1 Å². The Morgan fingerprint density at radius 2 is 1.57 bits per heavy atom. The zero-order valence-electron chi connectivity index (χ0n) is 15.4. The minimum absolute atomic E-state index is 0.152. The molecule has 0 unspecified atom stereocenters. The van der Waals surface area contributed by atoms with Crippen molar-refractivity contribution in [1.29, 1.82) is 0 Å². The number of hydrogen-bond donors (Lipinski definition) is 1. The van der Waals surface area contributed by atoms with Gasteiger partial charge in [0.2, 0.25) is 0 Å². The molecule has 0 aliphatic heterocycles. The first-order valence-corrected chi connectivity index (χ1v) is 8.76. The van der Waals surface area contributed by atoms with E-state index in [4.69, 9.17) is 14.2 Å². The van der Waals surface area contributed by atoms with Gasteiger partial charge in [0.1, 0.15) is 16.0 Å². The lowest BCUT2D eigenvalue weighted by Gasteiger charge is -2.12. The highest BCUT2D eigenvalue weighted by Gasteiger charge is 2.18. The molecular formula is C19H18BrNO7. The van der Waals surface area contributed by atoms with Crippen LogP contribution in [0.15, 0.2) is 40.9 Å². The van der Waals surface area contributed by atoms with E-state index in [9.17, 15) is 14.4 Å². The van der Waals surface area contributed by atoms with Crippen molar-refractivity contribution in [2.45, 2.75) is 0 Å². The first-order chi connectivity index (χ1) is 13.4. The number of anilines is 1. The molecule has 0 aromatic heterocycles. The second kappa shape index (κ2) is 9.75. The molecule has 8 nitrogen and oxygen atoms in total. The molecule has 0 fully saturated rings. The van der Waals surface area contributed by atoms with Crippen molar-refractivity contribution in [2.75, 3.05) is 33.3 Å². The van der Waals surface area contributed by atoms with E-state index in [-0.39, 0.29) is 16.8 Å². The van der Waals surface area contributed by atoms with Crippen molar-refractivity contribution in [1.82, 2.24) is 0 Å². The molecule has 9 heteroatoms. The number of methoxy groups -OCH3 is 3. The summed E-state index contributed by atoms with van der Waals surface area (Å²) in [6, 6.07) is 9.24. The highest BCUT2D eigenvalue weighted by atomic mass is 79.9. The maximum Gasteiger partial charge on any atom is 0.339 e. The Hall–Kier alpha value is -3.07. The number of amides is 1. The lowest BCUT2D eigenvalue weighted by Crippen LogP contribution is -2.22. The van der Waals surface area contributed by atoms with Crippen LogP contribution >= 0.6 is 15.9 Å². The Balaban J connectivity index is 2.06. The Morgan fingerprint density at radius 1 is 0.964 bits per heavy atom. The van der Waals surface area contributed by atoms with Crippen LogP contribution in [0.1, 0.15) is 20.7 Å². The van der Waals surface area contributed by atoms with Crippen LogP contribution in [0.3, 0.4) is 0 Å². The number of halogens is 1.